The maximum Gasteiger partial charge on any atom is 0.105 e. The molecule has 1 aromatic carbocycles. The number of rotatable bonds is 3. The van der Waals surface area contributed by atoms with Crippen LogP contribution in [0.5, 0.6) is 0 Å². The van der Waals surface area contributed by atoms with Crippen molar-refractivity contribution in [3.8, 4) is 0 Å². The van der Waals surface area contributed by atoms with Crippen molar-refractivity contribution >= 4 is 32.9 Å². The predicted molar refractivity (Wildman–Crippen MR) is 88.0 cm³/mol. The third-order valence-corrected chi connectivity index (χ3v) is 5.99. The van der Waals surface area contributed by atoms with Gasteiger partial charge >= 0.3 is 0 Å². The van der Waals surface area contributed by atoms with E-state index in [1.165, 1.54) is 9.71 Å². The lowest BCUT2D eigenvalue weighted by Crippen LogP contribution is -2.19. The minimum Gasteiger partial charge on any atom is -0.245 e. The number of thiazole rings is 2. The zero-order valence-electron chi connectivity index (χ0n) is 12.2. The molecule has 0 aliphatic heterocycles. The van der Waals surface area contributed by atoms with Crippen molar-refractivity contribution in [2.75, 3.05) is 0 Å². The van der Waals surface area contributed by atoms with E-state index in [0.29, 0.717) is 5.92 Å². The van der Waals surface area contributed by atoms with E-state index >= 15 is 0 Å². The topological polar surface area (TPSA) is 25.8 Å². The van der Waals surface area contributed by atoms with Gasteiger partial charge in [0.1, 0.15) is 5.01 Å². The molecule has 0 spiro atoms. The molecular formula is C16H18N2S2. The van der Waals surface area contributed by atoms with Crippen LogP contribution in [0.1, 0.15) is 49.3 Å². The first-order valence-corrected chi connectivity index (χ1v) is 8.50. The average molecular weight is 302 g/mol. The first kappa shape index (κ1) is 13.7. The molecule has 0 aliphatic carbocycles. The Morgan fingerprint density at radius 1 is 1.10 bits per heavy atom. The molecule has 4 heteroatoms. The van der Waals surface area contributed by atoms with Crippen LogP contribution >= 0.6 is 22.7 Å². The number of hydrogen-bond donors (Lipinski definition) is 0. The van der Waals surface area contributed by atoms with Crippen LogP contribution < -0.4 is 0 Å². The molecule has 0 amide bonds. The lowest BCUT2D eigenvalue weighted by atomic mass is 9.91. The summed E-state index contributed by atoms with van der Waals surface area (Å²) in [5, 5.41) is 4.52. The van der Waals surface area contributed by atoms with Gasteiger partial charge in [-0.15, -0.1) is 22.7 Å². The van der Waals surface area contributed by atoms with Crippen LogP contribution in [0.3, 0.4) is 0 Å². The number of benzene rings is 1. The molecule has 0 N–H and O–H groups in total. The number of fused-ring (bicyclic) bond motifs is 1. The highest BCUT2D eigenvalue weighted by Crippen LogP contribution is 2.37. The second-order valence-electron chi connectivity index (χ2n) is 5.84. The monoisotopic (exact) mass is 302 g/mol. The third-order valence-electron chi connectivity index (χ3n) is 3.48. The molecule has 2 heterocycles. The fraction of sp³-hybridized carbons (Fsp3) is 0.375. The molecule has 0 bridgehead atoms. The summed E-state index contributed by atoms with van der Waals surface area (Å²) in [6, 6.07) is 8.31. The molecule has 2 aromatic heterocycles. The number of aromatic nitrogens is 2. The normalized spacial score (nSPS) is 12.4. The first-order chi connectivity index (χ1) is 9.48. The van der Waals surface area contributed by atoms with E-state index < -0.39 is 0 Å². The van der Waals surface area contributed by atoms with Crippen LogP contribution in [0.2, 0.25) is 0 Å². The summed E-state index contributed by atoms with van der Waals surface area (Å²) in [6.45, 7) is 8.80. The summed E-state index contributed by atoms with van der Waals surface area (Å²) in [7, 11) is 0. The molecule has 0 atom stereocenters. The fourth-order valence-electron chi connectivity index (χ4n) is 2.09. The van der Waals surface area contributed by atoms with Crippen LogP contribution in [-0.4, -0.2) is 9.97 Å². The SMILES string of the molecule is CC(C)c1nc(C(C)(C)c2nc3ccccc3s2)cs1. The Balaban J connectivity index is 2.05. The van der Waals surface area contributed by atoms with Crippen LogP contribution in [0.25, 0.3) is 10.2 Å². The van der Waals surface area contributed by atoms with Gasteiger partial charge in [0, 0.05) is 11.3 Å². The van der Waals surface area contributed by atoms with E-state index in [4.69, 9.17) is 9.97 Å². The van der Waals surface area contributed by atoms with Crippen LogP contribution in [0.4, 0.5) is 0 Å². The number of nitrogens with zero attached hydrogens (tertiary/aromatic N) is 2. The van der Waals surface area contributed by atoms with Gasteiger partial charge in [0.05, 0.1) is 26.3 Å². The summed E-state index contributed by atoms with van der Waals surface area (Å²) in [4.78, 5) is 9.61. The Kier molecular flexibility index (Phi) is 3.38. The maximum absolute atomic E-state index is 4.81. The second kappa shape index (κ2) is 4.93. The summed E-state index contributed by atoms with van der Waals surface area (Å²) in [5.74, 6) is 0.486. The van der Waals surface area contributed by atoms with Crippen molar-refractivity contribution in [3.05, 3.63) is 45.4 Å². The molecule has 2 nitrogen and oxygen atoms in total. The van der Waals surface area contributed by atoms with Gasteiger partial charge in [0.2, 0.25) is 0 Å². The van der Waals surface area contributed by atoms with E-state index in [0.717, 1.165) is 16.2 Å². The zero-order valence-corrected chi connectivity index (χ0v) is 13.8. The van der Waals surface area contributed by atoms with E-state index in [9.17, 15) is 0 Å². The molecule has 0 aliphatic rings. The average Bonchev–Trinajstić information content (AvgIpc) is 3.06. The molecule has 0 unspecified atom stereocenters. The van der Waals surface area contributed by atoms with Crippen molar-refractivity contribution in [3.63, 3.8) is 0 Å². The van der Waals surface area contributed by atoms with Gasteiger partial charge in [-0.3, -0.25) is 0 Å². The Bertz CT molecular complexity index is 705. The molecule has 0 saturated heterocycles. The first-order valence-electron chi connectivity index (χ1n) is 6.80. The van der Waals surface area contributed by atoms with Gasteiger partial charge < -0.3 is 0 Å². The Hall–Kier alpha value is -1.26. The second-order valence-corrected chi connectivity index (χ2v) is 7.76. The molecular weight excluding hydrogens is 284 g/mol. The van der Waals surface area contributed by atoms with Crippen molar-refractivity contribution < 1.29 is 0 Å². The minimum absolute atomic E-state index is 0.132. The van der Waals surface area contributed by atoms with Crippen LogP contribution in [0, 0.1) is 0 Å². The fourth-order valence-corrected chi connectivity index (χ4v) is 4.17. The van der Waals surface area contributed by atoms with E-state index in [2.05, 4.69) is 51.3 Å². The van der Waals surface area contributed by atoms with Gasteiger partial charge in [-0.05, 0) is 26.0 Å². The lowest BCUT2D eigenvalue weighted by Gasteiger charge is -2.19. The van der Waals surface area contributed by atoms with Crippen molar-refractivity contribution in [1.82, 2.24) is 9.97 Å². The van der Waals surface area contributed by atoms with Gasteiger partial charge in [-0.25, -0.2) is 9.97 Å². The largest absolute Gasteiger partial charge is 0.245 e. The molecule has 3 rings (SSSR count). The minimum atomic E-state index is -0.132. The lowest BCUT2D eigenvalue weighted by molar-refractivity contribution is 0.613. The molecule has 0 radical (unpaired) electrons. The molecule has 3 aromatic rings. The van der Waals surface area contributed by atoms with Crippen molar-refractivity contribution in [2.24, 2.45) is 0 Å². The highest BCUT2D eigenvalue weighted by atomic mass is 32.1. The highest BCUT2D eigenvalue weighted by Gasteiger charge is 2.30. The summed E-state index contributed by atoms with van der Waals surface area (Å²) >= 11 is 3.52. The standard InChI is InChI=1S/C16H18N2S2/c1-10(2)14-18-13(9-19-14)16(3,4)15-17-11-7-5-6-8-12(11)20-15/h5-10H,1-4H3. The third kappa shape index (κ3) is 2.27. The smallest absolute Gasteiger partial charge is 0.105 e. The molecule has 20 heavy (non-hydrogen) atoms. The van der Waals surface area contributed by atoms with E-state index in [1.807, 2.05) is 6.07 Å². The summed E-state index contributed by atoms with van der Waals surface area (Å²) in [5.41, 5.74) is 2.08. The van der Waals surface area contributed by atoms with Gasteiger partial charge in [0.25, 0.3) is 0 Å². The van der Waals surface area contributed by atoms with Crippen molar-refractivity contribution in [1.29, 1.82) is 0 Å². The molecule has 0 fully saturated rings. The molecule has 104 valence electrons. The highest BCUT2D eigenvalue weighted by molar-refractivity contribution is 7.18. The van der Waals surface area contributed by atoms with Gasteiger partial charge in [-0.1, -0.05) is 26.0 Å². The summed E-state index contributed by atoms with van der Waals surface area (Å²) < 4.78 is 1.25. The quantitative estimate of drug-likeness (QED) is 0.664. The molecule has 0 saturated carbocycles. The number of para-hydroxylation sites is 1. The van der Waals surface area contributed by atoms with E-state index in [1.54, 1.807) is 22.7 Å². The maximum atomic E-state index is 4.81. The van der Waals surface area contributed by atoms with Gasteiger partial charge in [0.15, 0.2) is 0 Å². The number of hydrogen-bond acceptors (Lipinski definition) is 4. The van der Waals surface area contributed by atoms with Crippen molar-refractivity contribution in [2.45, 2.75) is 39.0 Å². The Labute approximate surface area is 127 Å². The van der Waals surface area contributed by atoms with Crippen LogP contribution in [0.15, 0.2) is 29.6 Å². The summed E-state index contributed by atoms with van der Waals surface area (Å²) in [6.07, 6.45) is 0. The van der Waals surface area contributed by atoms with E-state index in [-0.39, 0.29) is 5.41 Å². The van der Waals surface area contributed by atoms with Crippen LogP contribution in [-0.2, 0) is 5.41 Å². The zero-order chi connectivity index (χ0) is 14.3. The predicted octanol–water partition coefficient (Wildman–Crippen LogP) is 5.20. The van der Waals surface area contributed by atoms with Gasteiger partial charge in [-0.2, -0.15) is 0 Å². The Morgan fingerprint density at radius 3 is 2.50 bits per heavy atom. The Morgan fingerprint density at radius 2 is 1.85 bits per heavy atom.